The first-order chi connectivity index (χ1) is 10.9. The molecule has 0 aliphatic heterocycles. The van der Waals surface area contributed by atoms with Gasteiger partial charge in [-0.25, -0.2) is 0 Å². The van der Waals surface area contributed by atoms with Gasteiger partial charge in [-0.05, 0) is 61.6 Å². The molecule has 0 aliphatic carbocycles. The van der Waals surface area contributed by atoms with E-state index in [1.54, 1.807) is 0 Å². The number of aryl methyl sites for hydroxylation is 2. The topological polar surface area (TPSA) is 12.4 Å². The highest BCUT2D eigenvalue weighted by Crippen LogP contribution is 2.25. The van der Waals surface area contributed by atoms with E-state index in [2.05, 4.69) is 80.9 Å². The number of hydrogen-bond acceptors (Lipinski definition) is 1. The van der Waals surface area contributed by atoms with Gasteiger partial charge in [0, 0.05) is 7.05 Å². The maximum Gasteiger partial charge on any atom is 0.0645 e. The predicted octanol–water partition coefficient (Wildman–Crippen LogP) is 5.91. The summed E-state index contributed by atoms with van der Waals surface area (Å²) in [6, 6.07) is 15.2. The molecule has 0 N–H and O–H groups in total. The Morgan fingerprint density at radius 1 is 1.00 bits per heavy atom. The van der Waals surface area contributed by atoms with Gasteiger partial charge in [0.25, 0.3) is 0 Å². The van der Waals surface area contributed by atoms with Gasteiger partial charge in [-0.2, -0.15) is 0 Å². The quantitative estimate of drug-likeness (QED) is 0.491. The van der Waals surface area contributed by atoms with Gasteiger partial charge < -0.3 is 0 Å². The molecule has 1 nitrogen and oxygen atoms in total. The molecule has 2 aromatic rings. The zero-order chi connectivity index (χ0) is 17.0. The summed E-state index contributed by atoms with van der Waals surface area (Å²) in [6.45, 7) is 12.4. The van der Waals surface area contributed by atoms with Crippen LogP contribution in [0.5, 0.6) is 0 Å². The van der Waals surface area contributed by atoms with E-state index in [4.69, 9.17) is 0 Å². The Balaban J connectivity index is 2.35. The van der Waals surface area contributed by atoms with Crippen molar-refractivity contribution < 1.29 is 0 Å². The summed E-state index contributed by atoms with van der Waals surface area (Å²) in [5.41, 5.74) is 9.46. The fourth-order valence-corrected chi connectivity index (χ4v) is 2.56. The van der Waals surface area contributed by atoms with Crippen LogP contribution in [0.1, 0.15) is 30.5 Å². The number of aliphatic imine (C=N–C) groups is 1. The Hall–Kier alpha value is -2.41. The van der Waals surface area contributed by atoms with Gasteiger partial charge in [-0.15, -0.1) is 0 Å². The summed E-state index contributed by atoms with van der Waals surface area (Å²) >= 11 is 0. The highest BCUT2D eigenvalue weighted by molar-refractivity contribution is 6.09. The van der Waals surface area contributed by atoms with Crippen molar-refractivity contribution in [2.75, 3.05) is 7.05 Å². The fourth-order valence-electron chi connectivity index (χ4n) is 2.56. The van der Waals surface area contributed by atoms with Gasteiger partial charge in [0.05, 0.1) is 5.71 Å². The Bertz CT molecular complexity index is 774. The number of hydrogen-bond donors (Lipinski definition) is 0. The first-order valence-electron chi connectivity index (χ1n) is 7.91. The van der Waals surface area contributed by atoms with Gasteiger partial charge in [-0.1, -0.05) is 60.2 Å². The summed E-state index contributed by atoms with van der Waals surface area (Å²) in [4.78, 5) is 4.41. The van der Waals surface area contributed by atoms with Crippen LogP contribution < -0.4 is 0 Å². The molecule has 2 aromatic carbocycles. The van der Waals surface area contributed by atoms with Crippen molar-refractivity contribution in [3.8, 4) is 11.1 Å². The van der Waals surface area contributed by atoms with Crippen molar-refractivity contribution in [1.29, 1.82) is 0 Å². The van der Waals surface area contributed by atoms with E-state index in [0.29, 0.717) is 0 Å². The summed E-state index contributed by atoms with van der Waals surface area (Å²) in [6.07, 6.45) is 2.09. The van der Waals surface area contributed by atoms with Crippen molar-refractivity contribution in [3.05, 3.63) is 83.0 Å². The molecule has 0 amide bonds. The smallest absolute Gasteiger partial charge is 0.0645 e. The zero-order valence-corrected chi connectivity index (χ0v) is 14.8. The summed E-state index contributed by atoms with van der Waals surface area (Å²) < 4.78 is 0. The van der Waals surface area contributed by atoms with Crippen LogP contribution in [0.15, 0.2) is 71.3 Å². The second-order valence-electron chi connectivity index (χ2n) is 6.11. The Kier molecular flexibility index (Phi) is 5.33. The number of nitrogens with zero attached hydrogens (tertiary/aromatic N) is 1. The van der Waals surface area contributed by atoms with E-state index >= 15 is 0 Å². The van der Waals surface area contributed by atoms with Crippen molar-refractivity contribution >= 4 is 5.71 Å². The van der Waals surface area contributed by atoms with Gasteiger partial charge in [0.15, 0.2) is 0 Å². The molecule has 0 bridgehead atoms. The molecule has 0 atom stereocenters. The predicted molar refractivity (Wildman–Crippen MR) is 102 cm³/mol. The summed E-state index contributed by atoms with van der Waals surface area (Å²) in [5, 5.41) is 0. The highest BCUT2D eigenvalue weighted by Gasteiger charge is 2.05. The first kappa shape index (κ1) is 17.0. The summed E-state index contributed by atoms with van der Waals surface area (Å²) in [5.74, 6) is 0. The molecule has 0 spiro atoms. The minimum Gasteiger partial charge on any atom is -0.288 e. The standard InChI is InChI=1S/C22H25N/c1-15(2)17(4)14-22(23-6)20-10-8-19(9-11-20)21-12-7-16(3)13-18(21)5/h7-14H,1H2,2-6H3/b17-14+,23-22?. The molecule has 0 fully saturated rings. The molecule has 0 aromatic heterocycles. The van der Waals surface area contributed by atoms with Crippen LogP contribution in [0.2, 0.25) is 0 Å². The van der Waals surface area contributed by atoms with Crippen LogP contribution in [0, 0.1) is 13.8 Å². The number of rotatable bonds is 4. The van der Waals surface area contributed by atoms with Crippen LogP contribution in [0.25, 0.3) is 11.1 Å². The van der Waals surface area contributed by atoms with Crippen molar-refractivity contribution in [1.82, 2.24) is 0 Å². The highest BCUT2D eigenvalue weighted by atomic mass is 14.7. The Morgan fingerprint density at radius 3 is 2.17 bits per heavy atom. The molecule has 0 saturated carbocycles. The van der Waals surface area contributed by atoms with Crippen LogP contribution in [-0.4, -0.2) is 12.8 Å². The first-order valence-corrected chi connectivity index (χ1v) is 7.91. The van der Waals surface area contributed by atoms with Gasteiger partial charge >= 0.3 is 0 Å². The molecule has 23 heavy (non-hydrogen) atoms. The molecule has 0 unspecified atom stereocenters. The van der Waals surface area contributed by atoms with E-state index < -0.39 is 0 Å². The lowest BCUT2D eigenvalue weighted by molar-refractivity contribution is 1.35. The van der Waals surface area contributed by atoms with Crippen molar-refractivity contribution in [2.24, 2.45) is 4.99 Å². The van der Waals surface area contributed by atoms with Crippen LogP contribution >= 0.6 is 0 Å². The molecular weight excluding hydrogens is 278 g/mol. The zero-order valence-electron chi connectivity index (χ0n) is 14.8. The fraction of sp³-hybridized carbons (Fsp3) is 0.227. The van der Waals surface area contributed by atoms with Crippen LogP contribution in [0.4, 0.5) is 0 Å². The minimum atomic E-state index is 0.984. The Morgan fingerprint density at radius 2 is 1.65 bits per heavy atom. The van der Waals surface area contributed by atoms with E-state index in [9.17, 15) is 0 Å². The second-order valence-corrected chi connectivity index (χ2v) is 6.11. The van der Waals surface area contributed by atoms with Crippen molar-refractivity contribution in [3.63, 3.8) is 0 Å². The average Bonchev–Trinajstić information content (AvgIpc) is 2.52. The normalized spacial score (nSPS) is 12.4. The molecule has 0 heterocycles. The third-order valence-corrected chi connectivity index (χ3v) is 4.14. The van der Waals surface area contributed by atoms with Crippen LogP contribution in [0.3, 0.4) is 0 Å². The maximum atomic E-state index is 4.41. The molecule has 0 saturated heterocycles. The SMILES string of the molecule is C=C(C)/C(C)=C/C(=NC)c1ccc(-c2ccc(C)cc2C)cc1. The van der Waals surface area contributed by atoms with Gasteiger partial charge in [0.2, 0.25) is 0 Å². The van der Waals surface area contributed by atoms with Crippen LogP contribution in [-0.2, 0) is 0 Å². The Labute approximate surface area is 140 Å². The molecule has 0 aliphatic rings. The molecule has 1 heteroatoms. The number of benzene rings is 2. The third-order valence-electron chi connectivity index (χ3n) is 4.14. The average molecular weight is 303 g/mol. The van der Waals surface area contributed by atoms with E-state index in [1.165, 1.54) is 22.3 Å². The van der Waals surface area contributed by atoms with E-state index in [-0.39, 0.29) is 0 Å². The minimum absolute atomic E-state index is 0.984. The molecule has 2 rings (SSSR count). The molecular formula is C22H25N. The van der Waals surface area contributed by atoms with E-state index in [1.807, 2.05) is 14.0 Å². The third kappa shape index (κ3) is 4.07. The lowest BCUT2D eigenvalue weighted by Gasteiger charge is -2.09. The van der Waals surface area contributed by atoms with Crippen molar-refractivity contribution in [2.45, 2.75) is 27.7 Å². The lowest BCUT2D eigenvalue weighted by atomic mass is 9.96. The summed E-state index contributed by atoms with van der Waals surface area (Å²) in [7, 11) is 1.83. The number of allylic oxidation sites excluding steroid dienone is 3. The second kappa shape index (κ2) is 7.23. The molecule has 118 valence electrons. The van der Waals surface area contributed by atoms with Gasteiger partial charge in [0.1, 0.15) is 0 Å². The maximum absolute atomic E-state index is 4.41. The van der Waals surface area contributed by atoms with E-state index in [0.717, 1.165) is 22.4 Å². The van der Waals surface area contributed by atoms with Gasteiger partial charge in [-0.3, -0.25) is 4.99 Å². The lowest BCUT2D eigenvalue weighted by Crippen LogP contribution is -1.98. The monoisotopic (exact) mass is 303 g/mol. The molecule has 0 radical (unpaired) electrons. The largest absolute Gasteiger partial charge is 0.288 e.